The normalized spacial score (nSPS) is 25.0. The fourth-order valence-electron chi connectivity index (χ4n) is 3.44. The number of amides is 1. The highest BCUT2D eigenvalue weighted by molar-refractivity contribution is 9.10. The number of ether oxygens (including phenoxy) is 2. The molecule has 1 unspecified atom stereocenters. The summed E-state index contributed by atoms with van der Waals surface area (Å²) < 4.78 is 12.4. The molecular weight excluding hydrogens is 406 g/mol. The van der Waals surface area contributed by atoms with Crippen molar-refractivity contribution < 1.29 is 19.2 Å². The number of non-ortho nitro benzene ring substituents is 1. The number of nitro groups is 1. The van der Waals surface area contributed by atoms with E-state index in [2.05, 4.69) is 15.9 Å². The second-order valence-corrected chi connectivity index (χ2v) is 8.77. The van der Waals surface area contributed by atoms with Crippen molar-refractivity contribution in [3.8, 4) is 5.75 Å². The highest BCUT2D eigenvalue weighted by Gasteiger charge is 2.48. The zero-order valence-electron chi connectivity index (χ0n) is 15.3. The molecule has 1 fully saturated rings. The van der Waals surface area contributed by atoms with Crippen LogP contribution in [0.15, 0.2) is 16.6 Å². The number of halogens is 1. The first-order chi connectivity index (χ1) is 12.0. The lowest BCUT2D eigenvalue weighted by Crippen LogP contribution is -2.68. The predicted octanol–water partition coefficient (Wildman–Crippen LogP) is 3.31. The van der Waals surface area contributed by atoms with E-state index in [0.29, 0.717) is 40.9 Å². The molecule has 0 N–H and O–H groups in total. The number of rotatable bonds is 1. The maximum atomic E-state index is 12.4. The van der Waals surface area contributed by atoms with Gasteiger partial charge in [0.05, 0.1) is 35.6 Å². The number of benzene rings is 1. The molecule has 2 aliphatic heterocycles. The molecule has 1 amide bonds. The Morgan fingerprint density at radius 1 is 1.46 bits per heavy atom. The maximum absolute atomic E-state index is 12.4. The summed E-state index contributed by atoms with van der Waals surface area (Å²) >= 11 is 3.39. The standard InChI is InChI=1S/C17H23BrN3O5/c1-17(2,3)26-16(22)19-5-6-21(4)12(9-19)10-25-15-13(18)7-11(20(23)24)8-14(15)21/h7-8,12H,5-6,9-10H2,1-4H3/q+1/t12-,21?/m1/s1. The van der Waals surface area contributed by atoms with Crippen LogP contribution in [0.2, 0.25) is 0 Å². The average molecular weight is 429 g/mol. The van der Waals surface area contributed by atoms with Gasteiger partial charge in [-0.15, -0.1) is 0 Å². The van der Waals surface area contributed by atoms with E-state index in [1.807, 2.05) is 27.8 Å². The van der Waals surface area contributed by atoms with Crippen LogP contribution in [0.25, 0.3) is 0 Å². The van der Waals surface area contributed by atoms with Crippen LogP contribution in [-0.2, 0) is 4.74 Å². The minimum absolute atomic E-state index is 0.0160. The quantitative estimate of drug-likeness (QED) is 0.389. The van der Waals surface area contributed by atoms with E-state index in [9.17, 15) is 14.9 Å². The first kappa shape index (κ1) is 18.9. The van der Waals surface area contributed by atoms with E-state index in [0.717, 1.165) is 5.69 Å². The van der Waals surface area contributed by atoms with Gasteiger partial charge in [0, 0.05) is 6.07 Å². The molecule has 0 spiro atoms. The van der Waals surface area contributed by atoms with Crippen molar-refractivity contribution in [2.45, 2.75) is 32.4 Å². The minimum atomic E-state index is -0.548. The molecule has 1 aromatic rings. The van der Waals surface area contributed by atoms with Crippen LogP contribution in [0.1, 0.15) is 20.8 Å². The molecule has 1 saturated heterocycles. The lowest BCUT2D eigenvalue weighted by atomic mass is 10.0. The van der Waals surface area contributed by atoms with Gasteiger partial charge in [-0.1, -0.05) is 0 Å². The molecule has 9 heteroatoms. The topological polar surface area (TPSA) is 81.9 Å². The lowest BCUT2D eigenvalue weighted by Gasteiger charge is -2.49. The molecule has 2 atom stereocenters. The minimum Gasteiger partial charge on any atom is -0.480 e. The molecule has 3 rings (SSSR count). The van der Waals surface area contributed by atoms with Crippen LogP contribution in [0.3, 0.4) is 0 Å². The number of likely N-dealkylation sites (N-methyl/N-ethyl adjacent to an activating group) is 1. The van der Waals surface area contributed by atoms with E-state index >= 15 is 0 Å². The molecule has 0 radical (unpaired) electrons. The zero-order valence-corrected chi connectivity index (χ0v) is 16.9. The lowest BCUT2D eigenvalue weighted by molar-refractivity contribution is -0.385. The van der Waals surface area contributed by atoms with E-state index in [-0.39, 0.29) is 17.8 Å². The van der Waals surface area contributed by atoms with E-state index in [1.165, 1.54) is 6.07 Å². The van der Waals surface area contributed by atoms with Gasteiger partial charge >= 0.3 is 6.09 Å². The summed E-state index contributed by atoms with van der Waals surface area (Å²) in [5.41, 5.74) is 0.244. The molecule has 142 valence electrons. The second-order valence-electron chi connectivity index (χ2n) is 7.92. The number of hydrogen-bond donors (Lipinski definition) is 0. The Labute approximate surface area is 160 Å². The number of fused-ring (bicyclic) bond motifs is 3. The summed E-state index contributed by atoms with van der Waals surface area (Å²) in [6.07, 6.45) is -0.338. The van der Waals surface area contributed by atoms with E-state index < -0.39 is 10.5 Å². The number of nitro benzene ring substituents is 1. The van der Waals surface area contributed by atoms with Gasteiger partial charge in [0.15, 0.2) is 11.4 Å². The monoisotopic (exact) mass is 428 g/mol. The highest BCUT2D eigenvalue weighted by Crippen LogP contribution is 2.46. The molecule has 0 bridgehead atoms. The predicted molar refractivity (Wildman–Crippen MR) is 100 cm³/mol. The summed E-state index contributed by atoms with van der Waals surface area (Å²) in [6, 6.07) is 3.02. The summed E-state index contributed by atoms with van der Waals surface area (Å²) in [5.74, 6) is 0.639. The fourth-order valence-corrected chi connectivity index (χ4v) is 3.99. The van der Waals surface area contributed by atoms with Crippen LogP contribution < -0.4 is 9.22 Å². The van der Waals surface area contributed by atoms with Crippen molar-refractivity contribution >= 4 is 33.4 Å². The Balaban J connectivity index is 1.89. The molecule has 0 saturated carbocycles. The molecule has 26 heavy (non-hydrogen) atoms. The van der Waals surface area contributed by atoms with Crippen molar-refractivity contribution in [1.82, 2.24) is 9.38 Å². The number of nitrogens with zero attached hydrogens (tertiary/aromatic N) is 3. The van der Waals surface area contributed by atoms with Crippen LogP contribution in [-0.4, -0.2) is 60.8 Å². The third kappa shape index (κ3) is 3.37. The van der Waals surface area contributed by atoms with Gasteiger partial charge in [0.25, 0.3) is 5.69 Å². The molecule has 2 aliphatic rings. The Hall–Kier alpha value is -1.87. The third-order valence-corrected chi connectivity index (χ3v) is 5.50. The van der Waals surface area contributed by atoms with Gasteiger partial charge < -0.3 is 9.47 Å². The second kappa shape index (κ2) is 6.38. The SMILES string of the molecule is CC(C)(C)OC(=O)N1CC[N+]2(C)c3cc([N+](=O)[O-])cc(Br)c3OC[C@H]2C1. The van der Waals surface area contributed by atoms with Crippen LogP contribution in [0.5, 0.6) is 5.75 Å². The van der Waals surface area contributed by atoms with Crippen LogP contribution in [0.4, 0.5) is 16.2 Å². The van der Waals surface area contributed by atoms with Crippen molar-refractivity contribution in [3.63, 3.8) is 0 Å². The number of piperazine rings is 1. The van der Waals surface area contributed by atoms with Gasteiger partial charge in [-0.2, -0.15) is 0 Å². The zero-order chi connectivity index (χ0) is 19.3. The summed E-state index contributed by atoms with van der Waals surface area (Å²) in [6.45, 7) is 7.57. The van der Waals surface area contributed by atoms with Crippen LogP contribution in [0, 0.1) is 10.1 Å². The molecule has 1 aromatic carbocycles. The van der Waals surface area contributed by atoms with Crippen molar-refractivity contribution in [2.75, 3.05) is 33.3 Å². The summed E-state index contributed by atoms with van der Waals surface area (Å²) in [4.78, 5) is 24.9. The molecule has 0 aliphatic carbocycles. The number of hydrogen-bond acceptors (Lipinski definition) is 5. The third-order valence-electron chi connectivity index (χ3n) is 4.91. The fraction of sp³-hybridized carbons (Fsp3) is 0.588. The average Bonchev–Trinajstić information content (AvgIpc) is 2.52. The number of carbonyl (C=O) groups is 1. The summed E-state index contributed by atoms with van der Waals surface area (Å²) in [5, 5.41) is 11.2. The van der Waals surface area contributed by atoms with Gasteiger partial charge in [-0.25, -0.2) is 4.79 Å². The molecule has 0 aromatic heterocycles. The number of quaternary nitrogens is 1. The van der Waals surface area contributed by atoms with Crippen molar-refractivity contribution in [1.29, 1.82) is 0 Å². The smallest absolute Gasteiger partial charge is 0.410 e. The van der Waals surface area contributed by atoms with Gasteiger partial charge in [0.1, 0.15) is 24.8 Å². The molecule has 2 heterocycles. The molecule has 8 nitrogen and oxygen atoms in total. The largest absolute Gasteiger partial charge is 0.480 e. The highest BCUT2D eigenvalue weighted by atomic mass is 79.9. The Morgan fingerprint density at radius 3 is 2.77 bits per heavy atom. The number of carbonyl (C=O) groups excluding carboxylic acids is 1. The first-order valence-electron chi connectivity index (χ1n) is 8.46. The van der Waals surface area contributed by atoms with E-state index in [4.69, 9.17) is 9.47 Å². The Morgan fingerprint density at radius 2 is 2.15 bits per heavy atom. The van der Waals surface area contributed by atoms with Gasteiger partial charge in [-0.05, 0) is 36.7 Å². The Kier molecular flexibility index (Phi) is 4.64. The maximum Gasteiger partial charge on any atom is 0.410 e. The summed E-state index contributed by atoms with van der Waals surface area (Å²) in [7, 11) is 2.04. The van der Waals surface area contributed by atoms with Crippen molar-refractivity contribution in [2.24, 2.45) is 0 Å². The molecular formula is C17H23BrN3O5+. The first-order valence-corrected chi connectivity index (χ1v) is 9.25. The van der Waals surface area contributed by atoms with Gasteiger partial charge in [0.2, 0.25) is 0 Å². The van der Waals surface area contributed by atoms with Crippen LogP contribution >= 0.6 is 15.9 Å². The van der Waals surface area contributed by atoms with E-state index in [1.54, 1.807) is 11.0 Å². The van der Waals surface area contributed by atoms with Crippen molar-refractivity contribution in [3.05, 3.63) is 26.7 Å². The van der Waals surface area contributed by atoms with Gasteiger partial charge in [-0.3, -0.25) is 19.5 Å². The Bertz CT molecular complexity index is 764.